The SMILES string of the molecule is C[C@@H]1C[C@H](C)CN(C(=O)CN2CCN(CC(=O)N(C)Cc3ccccc3Br)CC2)C1. The van der Waals surface area contributed by atoms with E-state index in [-0.39, 0.29) is 11.8 Å². The van der Waals surface area contributed by atoms with Crippen molar-refractivity contribution in [1.82, 2.24) is 19.6 Å². The van der Waals surface area contributed by atoms with Crippen LogP contribution >= 0.6 is 15.9 Å². The van der Waals surface area contributed by atoms with Crippen LogP contribution in [0, 0.1) is 11.8 Å². The van der Waals surface area contributed by atoms with Crippen molar-refractivity contribution in [1.29, 1.82) is 0 Å². The maximum atomic E-state index is 12.7. The zero-order chi connectivity index (χ0) is 21.7. The van der Waals surface area contributed by atoms with Gasteiger partial charge in [-0.1, -0.05) is 48.0 Å². The number of piperidine rings is 1. The molecule has 1 aromatic carbocycles. The average molecular weight is 479 g/mol. The van der Waals surface area contributed by atoms with Gasteiger partial charge in [0, 0.05) is 57.3 Å². The minimum Gasteiger partial charge on any atom is -0.341 e. The summed E-state index contributed by atoms with van der Waals surface area (Å²) in [7, 11) is 1.86. The Morgan fingerprint density at radius 2 is 1.57 bits per heavy atom. The van der Waals surface area contributed by atoms with Gasteiger partial charge in [-0.15, -0.1) is 0 Å². The molecule has 166 valence electrons. The lowest BCUT2D eigenvalue weighted by molar-refractivity contribution is -0.136. The third-order valence-electron chi connectivity index (χ3n) is 6.20. The number of amides is 2. The molecule has 2 heterocycles. The molecule has 0 aromatic heterocycles. The van der Waals surface area contributed by atoms with Gasteiger partial charge in [-0.3, -0.25) is 19.4 Å². The number of halogens is 1. The summed E-state index contributed by atoms with van der Waals surface area (Å²) in [6.45, 7) is 11.1. The molecule has 0 bridgehead atoms. The maximum absolute atomic E-state index is 12.7. The van der Waals surface area contributed by atoms with Crippen LogP contribution in [0.25, 0.3) is 0 Å². The Morgan fingerprint density at radius 1 is 1.00 bits per heavy atom. The van der Waals surface area contributed by atoms with Crippen LogP contribution in [0.4, 0.5) is 0 Å². The number of piperazine rings is 1. The minimum absolute atomic E-state index is 0.131. The van der Waals surface area contributed by atoms with Crippen LogP contribution in [-0.4, -0.2) is 90.8 Å². The first-order valence-corrected chi connectivity index (χ1v) is 11.8. The van der Waals surface area contributed by atoms with Crippen molar-refractivity contribution in [3.8, 4) is 0 Å². The summed E-state index contributed by atoms with van der Waals surface area (Å²) in [4.78, 5) is 33.6. The molecule has 7 heteroatoms. The van der Waals surface area contributed by atoms with Crippen LogP contribution < -0.4 is 0 Å². The number of hydrogen-bond donors (Lipinski definition) is 0. The van der Waals surface area contributed by atoms with Gasteiger partial charge < -0.3 is 9.80 Å². The topological polar surface area (TPSA) is 47.1 Å². The number of benzene rings is 1. The summed E-state index contributed by atoms with van der Waals surface area (Å²) in [5.41, 5.74) is 1.11. The smallest absolute Gasteiger partial charge is 0.236 e. The number of likely N-dealkylation sites (N-methyl/N-ethyl adjacent to an activating group) is 1. The Kier molecular flexibility index (Phi) is 8.31. The minimum atomic E-state index is 0.131. The van der Waals surface area contributed by atoms with Gasteiger partial charge in [0.15, 0.2) is 0 Å². The number of hydrogen-bond acceptors (Lipinski definition) is 4. The van der Waals surface area contributed by atoms with Crippen LogP contribution in [0.5, 0.6) is 0 Å². The van der Waals surface area contributed by atoms with E-state index in [1.807, 2.05) is 36.2 Å². The van der Waals surface area contributed by atoms with E-state index in [0.29, 0.717) is 31.5 Å². The zero-order valence-corrected chi connectivity index (χ0v) is 20.1. The lowest BCUT2D eigenvalue weighted by Crippen LogP contribution is -2.53. The molecule has 0 spiro atoms. The van der Waals surface area contributed by atoms with Gasteiger partial charge >= 0.3 is 0 Å². The van der Waals surface area contributed by atoms with Gasteiger partial charge in [-0.25, -0.2) is 0 Å². The zero-order valence-electron chi connectivity index (χ0n) is 18.5. The fourth-order valence-electron chi connectivity index (χ4n) is 4.55. The Morgan fingerprint density at radius 3 is 2.17 bits per heavy atom. The summed E-state index contributed by atoms with van der Waals surface area (Å²) < 4.78 is 1.03. The highest BCUT2D eigenvalue weighted by atomic mass is 79.9. The molecule has 0 N–H and O–H groups in total. The highest BCUT2D eigenvalue weighted by Crippen LogP contribution is 2.21. The van der Waals surface area contributed by atoms with Crippen LogP contribution in [0.3, 0.4) is 0 Å². The third kappa shape index (κ3) is 6.53. The number of carbonyl (C=O) groups excluding carboxylic acids is 2. The summed E-state index contributed by atoms with van der Waals surface area (Å²) in [6, 6.07) is 8.00. The lowest BCUT2D eigenvalue weighted by atomic mass is 9.92. The highest BCUT2D eigenvalue weighted by Gasteiger charge is 2.28. The molecule has 1 aromatic rings. The first kappa shape index (κ1) is 23.2. The molecule has 0 aliphatic carbocycles. The molecule has 3 rings (SSSR count). The first-order valence-electron chi connectivity index (χ1n) is 11.0. The van der Waals surface area contributed by atoms with Crippen LogP contribution in [0.2, 0.25) is 0 Å². The largest absolute Gasteiger partial charge is 0.341 e. The third-order valence-corrected chi connectivity index (χ3v) is 6.97. The van der Waals surface area contributed by atoms with Gasteiger partial charge in [0.05, 0.1) is 13.1 Å². The predicted octanol–water partition coefficient (Wildman–Crippen LogP) is 2.53. The van der Waals surface area contributed by atoms with Gasteiger partial charge in [0.25, 0.3) is 0 Å². The van der Waals surface area contributed by atoms with Gasteiger partial charge in [-0.05, 0) is 29.9 Å². The molecule has 2 aliphatic heterocycles. The van der Waals surface area contributed by atoms with Crippen LogP contribution in [-0.2, 0) is 16.1 Å². The molecule has 6 nitrogen and oxygen atoms in total. The molecular formula is C23H35BrN4O2. The second kappa shape index (κ2) is 10.7. The summed E-state index contributed by atoms with van der Waals surface area (Å²) in [5.74, 6) is 1.57. The van der Waals surface area contributed by atoms with E-state index in [1.165, 1.54) is 6.42 Å². The molecule has 2 aliphatic rings. The Hall–Kier alpha value is -1.44. The summed E-state index contributed by atoms with van der Waals surface area (Å²) in [5, 5.41) is 0. The van der Waals surface area contributed by atoms with E-state index in [0.717, 1.165) is 49.3 Å². The monoisotopic (exact) mass is 478 g/mol. The van der Waals surface area contributed by atoms with Crippen molar-refractivity contribution in [2.45, 2.75) is 26.8 Å². The van der Waals surface area contributed by atoms with Gasteiger partial charge in [0.1, 0.15) is 0 Å². The number of rotatable bonds is 6. The molecule has 0 saturated carbocycles. The highest BCUT2D eigenvalue weighted by molar-refractivity contribution is 9.10. The van der Waals surface area contributed by atoms with Crippen molar-refractivity contribution in [3.05, 3.63) is 34.3 Å². The molecule has 0 radical (unpaired) electrons. The molecule has 2 saturated heterocycles. The fourth-order valence-corrected chi connectivity index (χ4v) is 4.96. The number of likely N-dealkylation sites (tertiary alicyclic amines) is 1. The molecular weight excluding hydrogens is 444 g/mol. The van der Waals surface area contributed by atoms with E-state index in [1.54, 1.807) is 4.90 Å². The molecule has 2 fully saturated rings. The van der Waals surface area contributed by atoms with Crippen LogP contribution in [0.1, 0.15) is 25.8 Å². The second-order valence-corrected chi connectivity index (χ2v) is 9.99. The van der Waals surface area contributed by atoms with Crippen molar-refractivity contribution in [2.24, 2.45) is 11.8 Å². The van der Waals surface area contributed by atoms with E-state index in [4.69, 9.17) is 0 Å². The Bertz CT molecular complexity index is 726. The second-order valence-electron chi connectivity index (χ2n) is 9.14. The van der Waals surface area contributed by atoms with E-state index >= 15 is 0 Å². The van der Waals surface area contributed by atoms with E-state index < -0.39 is 0 Å². The van der Waals surface area contributed by atoms with Crippen molar-refractivity contribution >= 4 is 27.7 Å². The fraction of sp³-hybridized carbons (Fsp3) is 0.652. The van der Waals surface area contributed by atoms with Crippen molar-refractivity contribution < 1.29 is 9.59 Å². The van der Waals surface area contributed by atoms with E-state index in [2.05, 4.69) is 39.6 Å². The first-order chi connectivity index (χ1) is 14.3. The predicted molar refractivity (Wildman–Crippen MR) is 123 cm³/mol. The number of carbonyl (C=O) groups is 2. The standard InChI is InChI=1S/C23H35BrN4O2/c1-18-12-19(2)14-28(13-18)23(30)17-27-10-8-26(9-11-27)16-22(29)25(3)15-20-6-4-5-7-21(20)24/h4-7,18-19H,8-17H2,1-3H3/t18-,19+. The Labute approximate surface area is 189 Å². The van der Waals surface area contributed by atoms with Gasteiger partial charge in [-0.2, -0.15) is 0 Å². The van der Waals surface area contributed by atoms with Crippen LogP contribution in [0.15, 0.2) is 28.7 Å². The van der Waals surface area contributed by atoms with Crippen molar-refractivity contribution in [2.75, 3.05) is 59.4 Å². The van der Waals surface area contributed by atoms with E-state index in [9.17, 15) is 9.59 Å². The maximum Gasteiger partial charge on any atom is 0.236 e. The molecule has 0 unspecified atom stereocenters. The van der Waals surface area contributed by atoms with Gasteiger partial charge in [0.2, 0.25) is 11.8 Å². The summed E-state index contributed by atoms with van der Waals surface area (Å²) in [6.07, 6.45) is 1.21. The normalized spacial score (nSPS) is 23.4. The average Bonchev–Trinajstić information content (AvgIpc) is 2.70. The quantitative estimate of drug-likeness (QED) is 0.630. The lowest BCUT2D eigenvalue weighted by Gasteiger charge is -2.38. The van der Waals surface area contributed by atoms with Crippen molar-refractivity contribution in [3.63, 3.8) is 0 Å². The molecule has 2 atom stereocenters. The molecule has 30 heavy (non-hydrogen) atoms. The Balaban J connectivity index is 1.40. The molecule has 2 amide bonds. The number of nitrogens with zero attached hydrogens (tertiary/aromatic N) is 4. The summed E-state index contributed by atoms with van der Waals surface area (Å²) >= 11 is 3.55.